The summed E-state index contributed by atoms with van der Waals surface area (Å²) in [5, 5.41) is 11.4. The van der Waals surface area contributed by atoms with Crippen LogP contribution in [0.4, 0.5) is 0 Å². The Balaban J connectivity index is 3.24. The van der Waals surface area contributed by atoms with Crippen molar-refractivity contribution in [1.29, 1.82) is 0 Å². The number of hydroxylamine groups is 3. The Morgan fingerprint density at radius 3 is 1.70 bits per heavy atom. The van der Waals surface area contributed by atoms with E-state index in [4.69, 9.17) is 0 Å². The number of nitrogens with zero attached hydrogens (tertiary/aromatic N) is 1. The van der Waals surface area contributed by atoms with Crippen LogP contribution in [0.25, 0.3) is 0 Å². The molecule has 0 spiro atoms. The van der Waals surface area contributed by atoms with E-state index in [-0.39, 0.29) is 5.91 Å². The van der Waals surface area contributed by atoms with Crippen molar-refractivity contribution in [2.45, 2.75) is 96.8 Å². The maximum atomic E-state index is 11.4. The molecule has 0 saturated carbocycles. The van der Waals surface area contributed by atoms with Gasteiger partial charge in [0, 0.05) is 0 Å². The zero-order valence-electron chi connectivity index (χ0n) is 15.8. The molecule has 0 rings (SSSR count). The van der Waals surface area contributed by atoms with Crippen LogP contribution >= 0.6 is 0 Å². The molecule has 136 valence electrons. The predicted molar refractivity (Wildman–Crippen MR) is 99.9 cm³/mol. The fraction of sp³-hybridized carbons (Fsp3) is 0.850. The summed E-state index contributed by atoms with van der Waals surface area (Å²) in [5.41, 5.74) is 0. The Morgan fingerprint density at radius 1 is 0.783 bits per heavy atom. The molecule has 0 bridgehead atoms. The van der Waals surface area contributed by atoms with Crippen molar-refractivity contribution in [3.05, 3.63) is 17.4 Å². The van der Waals surface area contributed by atoms with Crippen LogP contribution in [0.5, 0.6) is 0 Å². The van der Waals surface area contributed by atoms with Crippen LogP contribution in [0.15, 0.2) is 12.2 Å². The average molecular weight is 326 g/mol. The number of allylic oxidation sites excluding steroid dienone is 2. The van der Waals surface area contributed by atoms with Gasteiger partial charge in [-0.1, -0.05) is 70.4 Å². The van der Waals surface area contributed by atoms with Crippen molar-refractivity contribution >= 4 is 5.91 Å². The molecule has 0 heterocycles. The molecule has 0 saturated heterocycles. The highest BCUT2D eigenvalue weighted by molar-refractivity contribution is 5.68. The quantitative estimate of drug-likeness (QED) is 0.157. The minimum Gasteiger partial charge on any atom is -0.626 e. The molecule has 0 aliphatic carbocycles. The Hall–Kier alpha value is -0.670. The third-order valence-electron chi connectivity index (χ3n) is 4.25. The van der Waals surface area contributed by atoms with Gasteiger partial charge in [-0.3, -0.25) is 0 Å². The molecule has 0 N–H and O–H groups in total. The standard InChI is InChI=1S/C20H39NO2/c1-4-5-6-7-8-9-10-11-12-13-14-15-16-17-18-19-20(22)21(2,3)23/h11-12H,4-10,13-19H2,1-3H3. The number of hydrogen-bond donors (Lipinski definition) is 0. The number of hydrogen-bond acceptors (Lipinski definition) is 2. The Morgan fingerprint density at radius 2 is 1.22 bits per heavy atom. The van der Waals surface area contributed by atoms with Crippen LogP contribution in [0, 0.1) is 5.21 Å². The van der Waals surface area contributed by atoms with Gasteiger partial charge < -0.3 is 9.85 Å². The van der Waals surface area contributed by atoms with E-state index in [1.165, 1.54) is 84.7 Å². The highest BCUT2D eigenvalue weighted by Crippen LogP contribution is 2.11. The minimum absolute atomic E-state index is 0.206. The lowest BCUT2D eigenvalue weighted by Crippen LogP contribution is -2.39. The lowest BCUT2D eigenvalue weighted by molar-refractivity contribution is -0.760. The van der Waals surface area contributed by atoms with Crippen molar-refractivity contribution in [1.82, 2.24) is 0 Å². The molecule has 23 heavy (non-hydrogen) atoms. The predicted octanol–water partition coefficient (Wildman–Crippen LogP) is 6.12. The summed E-state index contributed by atoms with van der Waals surface area (Å²) in [7, 11) is 2.81. The smallest absolute Gasteiger partial charge is 0.313 e. The lowest BCUT2D eigenvalue weighted by Gasteiger charge is -2.30. The molecule has 0 aliphatic rings. The second kappa shape index (κ2) is 14.9. The molecule has 3 nitrogen and oxygen atoms in total. The number of amides is 1. The molecule has 0 radical (unpaired) electrons. The second-order valence-electron chi connectivity index (χ2n) is 7.08. The molecule has 0 aromatic rings. The first-order valence-corrected chi connectivity index (χ1v) is 9.72. The Bertz CT molecular complexity index is 305. The number of rotatable bonds is 15. The molecule has 0 atom stereocenters. The van der Waals surface area contributed by atoms with Gasteiger partial charge in [0.2, 0.25) is 0 Å². The molecule has 0 aromatic carbocycles. The van der Waals surface area contributed by atoms with E-state index in [1.807, 2.05) is 0 Å². The van der Waals surface area contributed by atoms with Gasteiger partial charge in [0.15, 0.2) is 0 Å². The maximum Gasteiger partial charge on any atom is 0.313 e. The van der Waals surface area contributed by atoms with Gasteiger partial charge in [-0.05, 0) is 32.1 Å². The first-order valence-electron chi connectivity index (χ1n) is 9.72. The molecule has 3 heteroatoms. The first-order chi connectivity index (χ1) is 11.0. The van der Waals surface area contributed by atoms with Crippen LogP contribution in [-0.4, -0.2) is 24.6 Å². The van der Waals surface area contributed by atoms with Crippen molar-refractivity contribution < 1.29 is 9.44 Å². The van der Waals surface area contributed by atoms with Gasteiger partial charge in [-0.15, -0.1) is 0 Å². The average Bonchev–Trinajstić information content (AvgIpc) is 2.50. The molecular weight excluding hydrogens is 286 g/mol. The maximum absolute atomic E-state index is 11.4. The summed E-state index contributed by atoms with van der Waals surface area (Å²) < 4.78 is -0.788. The zero-order valence-corrected chi connectivity index (χ0v) is 15.8. The number of carbonyl (C=O) groups excluding carboxylic acids is 1. The summed E-state index contributed by atoms with van der Waals surface area (Å²) in [6.07, 6.45) is 21.3. The van der Waals surface area contributed by atoms with Gasteiger partial charge in [0.1, 0.15) is 0 Å². The SMILES string of the molecule is CCCCCCCCC=CCCCCCCCC(=O)[N+](C)(C)[O-]. The molecule has 0 aromatic heterocycles. The number of carbonyl (C=O) groups is 1. The third-order valence-corrected chi connectivity index (χ3v) is 4.25. The molecule has 0 fully saturated rings. The van der Waals surface area contributed by atoms with Crippen molar-refractivity contribution in [2.24, 2.45) is 0 Å². The highest BCUT2D eigenvalue weighted by Gasteiger charge is 2.14. The molecular formula is C20H39NO2. The monoisotopic (exact) mass is 325 g/mol. The summed E-state index contributed by atoms with van der Waals surface area (Å²) in [5.74, 6) is -0.206. The molecule has 0 unspecified atom stereocenters. The van der Waals surface area contributed by atoms with Crippen molar-refractivity contribution in [3.63, 3.8) is 0 Å². The van der Waals surface area contributed by atoms with E-state index >= 15 is 0 Å². The van der Waals surface area contributed by atoms with Crippen LogP contribution in [0.3, 0.4) is 0 Å². The largest absolute Gasteiger partial charge is 0.626 e. The van der Waals surface area contributed by atoms with Crippen LogP contribution in [0.2, 0.25) is 0 Å². The van der Waals surface area contributed by atoms with E-state index in [1.54, 1.807) is 0 Å². The van der Waals surface area contributed by atoms with Gasteiger partial charge in [0.05, 0.1) is 20.5 Å². The van der Waals surface area contributed by atoms with Crippen molar-refractivity contribution in [2.75, 3.05) is 14.1 Å². The van der Waals surface area contributed by atoms with Gasteiger partial charge in [-0.25, -0.2) is 4.79 Å². The Labute approximate surface area is 144 Å². The lowest BCUT2D eigenvalue weighted by atomic mass is 10.1. The van der Waals surface area contributed by atoms with Gasteiger partial charge in [0.25, 0.3) is 0 Å². The van der Waals surface area contributed by atoms with E-state index in [0.29, 0.717) is 6.42 Å². The van der Waals surface area contributed by atoms with E-state index in [0.717, 1.165) is 12.8 Å². The summed E-state index contributed by atoms with van der Waals surface area (Å²) in [6, 6.07) is 0. The third kappa shape index (κ3) is 16.0. The molecule has 0 aliphatic heterocycles. The van der Waals surface area contributed by atoms with Crippen LogP contribution < -0.4 is 0 Å². The molecule has 1 amide bonds. The zero-order chi connectivity index (χ0) is 17.4. The van der Waals surface area contributed by atoms with E-state index in [2.05, 4.69) is 19.1 Å². The van der Waals surface area contributed by atoms with Crippen LogP contribution in [0.1, 0.15) is 96.8 Å². The normalized spacial score (nSPS) is 12.2. The fourth-order valence-electron chi connectivity index (χ4n) is 2.62. The first kappa shape index (κ1) is 22.3. The van der Waals surface area contributed by atoms with Crippen LogP contribution in [-0.2, 0) is 4.79 Å². The topological polar surface area (TPSA) is 40.1 Å². The van der Waals surface area contributed by atoms with E-state index < -0.39 is 4.65 Å². The Kier molecular flexibility index (Phi) is 14.5. The highest BCUT2D eigenvalue weighted by atomic mass is 16.6. The fourth-order valence-corrected chi connectivity index (χ4v) is 2.62. The van der Waals surface area contributed by atoms with E-state index in [9.17, 15) is 10.0 Å². The summed E-state index contributed by atoms with van der Waals surface area (Å²) in [4.78, 5) is 11.4. The minimum atomic E-state index is -0.788. The number of unbranched alkanes of at least 4 members (excludes halogenated alkanes) is 11. The van der Waals surface area contributed by atoms with Gasteiger partial charge in [-0.2, -0.15) is 0 Å². The second-order valence-corrected chi connectivity index (χ2v) is 7.08. The summed E-state index contributed by atoms with van der Waals surface area (Å²) >= 11 is 0. The summed E-state index contributed by atoms with van der Waals surface area (Å²) in [6.45, 7) is 2.26. The van der Waals surface area contributed by atoms with Crippen molar-refractivity contribution in [3.8, 4) is 0 Å². The van der Waals surface area contributed by atoms with Gasteiger partial charge >= 0.3 is 5.91 Å². The number of quaternary nitrogens is 1.